The van der Waals surface area contributed by atoms with Crippen LogP contribution in [0.2, 0.25) is 5.02 Å². The molecule has 0 saturated heterocycles. The number of hydrogen-bond donors (Lipinski definition) is 2. The summed E-state index contributed by atoms with van der Waals surface area (Å²) >= 11 is 11.1. The average molecular weight is 418 g/mol. The number of carbonyl (C=O) groups excluding carboxylic acids is 3. The van der Waals surface area contributed by atoms with Crippen LogP contribution in [0.25, 0.3) is 0 Å². The molecule has 0 radical (unpaired) electrons. The average Bonchev–Trinajstić information content (AvgIpc) is 2.91. The van der Waals surface area contributed by atoms with E-state index in [-0.39, 0.29) is 18.1 Å². The van der Waals surface area contributed by atoms with Gasteiger partial charge >= 0.3 is 0 Å². The Kier molecular flexibility index (Phi) is 5.91. The van der Waals surface area contributed by atoms with Crippen molar-refractivity contribution in [3.05, 3.63) is 58.6 Å². The molecule has 28 heavy (non-hydrogen) atoms. The van der Waals surface area contributed by atoms with E-state index in [1.54, 1.807) is 42.5 Å². The lowest BCUT2D eigenvalue weighted by Crippen LogP contribution is -2.38. The maximum atomic E-state index is 12.3. The zero-order valence-electron chi connectivity index (χ0n) is 14.8. The number of fused-ring (bicyclic) bond motifs is 1. The van der Waals surface area contributed by atoms with Crippen molar-refractivity contribution in [2.75, 3.05) is 19.0 Å². The fourth-order valence-electron chi connectivity index (χ4n) is 2.75. The number of thiocarbonyl (C=S) groups is 1. The second kappa shape index (κ2) is 8.37. The molecular formula is C19H16ClN3O4S. The Labute approximate surface area is 171 Å². The van der Waals surface area contributed by atoms with Gasteiger partial charge in [0.15, 0.2) is 5.11 Å². The number of ether oxygens (including phenoxy) is 1. The standard InChI is InChI=1S/C19H16ClN3O4S/c1-27-15-7-6-11(10-14(15)20)21-19(28)22-16(24)8-9-23-17(25)12-4-2-3-5-13(12)18(23)26/h2-7,10H,8-9H2,1H3,(H2,21,22,24,28). The number of hydrogen-bond acceptors (Lipinski definition) is 5. The molecule has 0 aliphatic carbocycles. The number of anilines is 1. The Morgan fingerprint density at radius 3 is 2.36 bits per heavy atom. The molecule has 0 saturated carbocycles. The minimum Gasteiger partial charge on any atom is -0.495 e. The molecule has 1 aliphatic heterocycles. The number of halogens is 1. The van der Waals surface area contributed by atoms with Crippen LogP contribution in [0.1, 0.15) is 27.1 Å². The van der Waals surface area contributed by atoms with Crippen molar-refractivity contribution in [3.8, 4) is 5.75 Å². The maximum absolute atomic E-state index is 12.3. The van der Waals surface area contributed by atoms with Crippen LogP contribution in [0.3, 0.4) is 0 Å². The Bertz CT molecular complexity index is 944. The molecule has 3 rings (SSSR count). The third-order valence-electron chi connectivity index (χ3n) is 4.10. The van der Waals surface area contributed by atoms with Crippen LogP contribution in [0.15, 0.2) is 42.5 Å². The Balaban J connectivity index is 1.52. The Hall–Kier alpha value is -2.97. The molecule has 144 valence electrons. The molecule has 1 heterocycles. The summed E-state index contributed by atoms with van der Waals surface area (Å²) in [7, 11) is 1.51. The van der Waals surface area contributed by atoms with Crippen LogP contribution in [-0.2, 0) is 4.79 Å². The monoisotopic (exact) mass is 417 g/mol. The predicted molar refractivity (Wildman–Crippen MR) is 109 cm³/mol. The predicted octanol–water partition coefficient (Wildman–Crippen LogP) is 2.85. The van der Waals surface area contributed by atoms with E-state index in [1.165, 1.54) is 7.11 Å². The van der Waals surface area contributed by atoms with Crippen molar-refractivity contribution in [3.63, 3.8) is 0 Å². The number of methoxy groups -OCH3 is 1. The smallest absolute Gasteiger partial charge is 0.261 e. The van der Waals surface area contributed by atoms with Gasteiger partial charge in [-0.05, 0) is 42.5 Å². The summed E-state index contributed by atoms with van der Waals surface area (Å²) in [4.78, 5) is 37.7. The molecule has 9 heteroatoms. The number of nitrogens with zero attached hydrogens (tertiary/aromatic N) is 1. The van der Waals surface area contributed by atoms with Crippen LogP contribution >= 0.6 is 23.8 Å². The van der Waals surface area contributed by atoms with E-state index in [9.17, 15) is 14.4 Å². The lowest BCUT2D eigenvalue weighted by molar-refractivity contribution is -0.119. The van der Waals surface area contributed by atoms with Gasteiger partial charge in [-0.1, -0.05) is 23.7 Å². The van der Waals surface area contributed by atoms with Gasteiger partial charge in [-0.15, -0.1) is 0 Å². The molecule has 1 aliphatic rings. The maximum Gasteiger partial charge on any atom is 0.261 e. The number of benzene rings is 2. The van der Waals surface area contributed by atoms with Crippen molar-refractivity contribution in [1.82, 2.24) is 10.2 Å². The van der Waals surface area contributed by atoms with E-state index >= 15 is 0 Å². The Morgan fingerprint density at radius 1 is 1.14 bits per heavy atom. The van der Waals surface area contributed by atoms with Crippen molar-refractivity contribution in [2.45, 2.75) is 6.42 Å². The van der Waals surface area contributed by atoms with Gasteiger partial charge in [0.2, 0.25) is 5.91 Å². The van der Waals surface area contributed by atoms with E-state index in [1.807, 2.05) is 0 Å². The number of rotatable bonds is 5. The van der Waals surface area contributed by atoms with Crippen LogP contribution in [-0.4, -0.2) is 41.4 Å². The minimum atomic E-state index is -0.423. The van der Waals surface area contributed by atoms with Gasteiger partial charge in [0.05, 0.1) is 23.3 Å². The lowest BCUT2D eigenvalue weighted by atomic mass is 10.1. The van der Waals surface area contributed by atoms with Crippen molar-refractivity contribution < 1.29 is 19.1 Å². The third kappa shape index (κ3) is 4.13. The Morgan fingerprint density at radius 2 is 1.79 bits per heavy atom. The zero-order valence-corrected chi connectivity index (χ0v) is 16.4. The molecule has 0 fully saturated rings. The van der Waals surface area contributed by atoms with Crippen LogP contribution in [0, 0.1) is 0 Å². The third-order valence-corrected chi connectivity index (χ3v) is 4.60. The molecule has 0 unspecified atom stereocenters. The highest BCUT2D eigenvalue weighted by Gasteiger charge is 2.34. The van der Waals surface area contributed by atoms with E-state index in [0.717, 1.165) is 4.90 Å². The van der Waals surface area contributed by atoms with Crippen LogP contribution in [0.4, 0.5) is 5.69 Å². The summed E-state index contributed by atoms with van der Waals surface area (Å²) in [6.07, 6.45) is -0.0728. The molecule has 2 aromatic carbocycles. The molecule has 0 bridgehead atoms. The van der Waals surface area contributed by atoms with Gasteiger partial charge in [0.25, 0.3) is 11.8 Å². The molecule has 3 amide bonds. The summed E-state index contributed by atoms with van der Waals surface area (Å²) in [5.74, 6) is -0.708. The molecule has 7 nitrogen and oxygen atoms in total. The van der Waals surface area contributed by atoms with Gasteiger partial charge in [0.1, 0.15) is 5.75 Å². The highest BCUT2D eigenvalue weighted by Crippen LogP contribution is 2.27. The summed E-state index contributed by atoms with van der Waals surface area (Å²) in [6, 6.07) is 11.5. The molecular weight excluding hydrogens is 402 g/mol. The first-order valence-electron chi connectivity index (χ1n) is 8.30. The van der Waals surface area contributed by atoms with Gasteiger partial charge in [0, 0.05) is 18.7 Å². The fourth-order valence-corrected chi connectivity index (χ4v) is 3.24. The van der Waals surface area contributed by atoms with Crippen LogP contribution in [0.5, 0.6) is 5.75 Å². The molecule has 0 aromatic heterocycles. The van der Waals surface area contributed by atoms with E-state index in [2.05, 4.69) is 10.6 Å². The molecule has 2 aromatic rings. The number of imide groups is 1. The normalized spacial score (nSPS) is 12.6. The number of carbonyl (C=O) groups is 3. The summed E-state index contributed by atoms with van der Waals surface area (Å²) < 4.78 is 5.07. The van der Waals surface area contributed by atoms with E-state index in [0.29, 0.717) is 27.6 Å². The number of nitrogens with one attached hydrogen (secondary N) is 2. The zero-order chi connectivity index (χ0) is 20.3. The summed E-state index contributed by atoms with van der Waals surface area (Å²) in [6.45, 7) is -0.0326. The van der Waals surface area contributed by atoms with E-state index in [4.69, 9.17) is 28.6 Å². The first-order chi connectivity index (χ1) is 13.4. The largest absolute Gasteiger partial charge is 0.495 e. The lowest BCUT2D eigenvalue weighted by Gasteiger charge is -2.14. The van der Waals surface area contributed by atoms with E-state index < -0.39 is 17.7 Å². The molecule has 0 atom stereocenters. The quantitative estimate of drug-likeness (QED) is 0.574. The van der Waals surface area contributed by atoms with Gasteiger partial charge in [-0.3, -0.25) is 19.3 Å². The van der Waals surface area contributed by atoms with Crippen LogP contribution < -0.4 is 15.4 Å². The highest BCUT2D eigenvalue weighted by atomic mass is 35.5. The van der Waals surface area contributed by atoms with Crippen molar-refractivity contribution in [1.29, 1.82) is 0 Å². The minimum absolute atomic E-state index is 0.0326. The first kappa shape index (κ1) is 19.8. The fraction of sp³-hybridized carbons (Fsp3) is 0.158. The van der Waals surface area contributed by atoms with Gasteiger partial charge in [-0.2, -0.15) is 0 Å². The van der Waals surface area contributed by atoms with Gasteiger partial charge < -0.3 is 15.4 Å². The molecule has 0 spiro atoms. The second-order valence-electron chi connectivity index (χ2n) is 5.91. The number of amides is 3. The van der Waals surface area contributed by atoms with Crippen molar-refractivity contribution >= 4 is 52.3 Å². The highest BCUT2D eigenvalue weighted by molar-refractivity contribution is 7.80. The topological polar surface area (TPSA) is 87.7 Å². The van der Waals surface area contributed by atoms with Gasteiger partial charge in [-0.25, -0.2) is 0 Å². The SMILES string of the molecule is COc1ccc(NC(=S)NC(=O)CCN2C(=O)c3ccccc3C2=O)cc1Cl. The second-order valence-corrected chi connectivity index (χ2v) is 6.72. The van der Waals surface area contributed by atoms with Crippen molar-refractivity contribution in [2.24, 2.45) is 0 Å². The summed E-state index contributed by atoms with van der Waals surface area (Å²) in [5.41, 5.74) is 1.28. The summed E-state index contributed by atoms with van der Waals surface area (Å²) in [5, 5.41) is 5.82. The first-order valence-corrected chi connectivity index (χ1v) is 9.09. The molecule has 2 N–H and O–H groups in total.